The molecule has 0 radical (unpaired) electrons. The highest BCUT2D eigenvalue weighted by atomic mass is 79.9. The number of aryl methyl sites for hydroxylation is 2. The molecule has 21 heavy (non-hydrogen) atoms. The SMILES string of the molecule is Cc1cc(NC(C)c2ccc(C(C)C)cc2)cc(C)c1Br. The normalized spacial score (nSPS) is 12.5. The summed E-state index contributed by atoms with van der Waals surface area (Å²) in [6.45, 7) is 10.9. The van der Waals surface area contributed by atoms with Crippen molar-refractivity contribution in [2.24, 2.45) is 0 Å². The number of hydrogen-bond donors (Lipinski definition) is 1. The fourth-order valence-electron chi connectivity index (χ4n) is 2.53. The molecular formula is C19H24BrN. The Kier molecular flexibility index (Phi) is 5.10. The predicted octanol–water partition coefficient (Wildman–Crippen LogP) is 6.36. The summed E-state index contributed by atoms with van der Waals surface area (Å²) in [7, 11) is 0. The van der Waals surface area contributed by atoms with E-state index in [1.807, 2.05) is 0 Å². The fraction of sp³-hybridized carbons (Fsp3) is 0.368. The highest BCUT2D eigenvalue weighted by Crippen LogP contribution is 2.28. The first kappa shape index (κ1) is 16.1. The Bertz CT molecular complexity index is 591. The average Bonchev–Trinajstić information content (AvgIpc) is 2.44. The van der Waals surface area contributed by atoms with Crippen molar-refractivity contribution in [3.63, 3.8) is 0 Å². The molecule has 2 rings (SSSR count). The van der Waals surface area contributed by atoms with Crippen molar-refractivity contribution in [3.8, 4) is 0 Å². The number of nitrogens with one attached hydrogen (secondary N) is 1. The lowest BCUT2D eigenvalue weighted by molar-refractivity contribution is 0.852. The maximum absolute atomic E-state index is 3.62. The van der Waals surface area contributed by atoms with Gasteiger partial charge in [0.1, 0.15) is 0 Å². The van der Waals surface area contributed by atoms with E-state index in [0.29, 0.717) is 12.0 Å². The van der Waals surface area contributed by atoms with Crippen LogP contribution in [0.3, 0.4) is 0 Å². The first-order valence-electron chi connectivity index (χ1n) is 7.51. The van der Waals surface area contributed by atoms with Gasteiger partial charge in [0.2, 0.25) is 0 Å². The zero-order valence-electron chi connectivity index (χ0n) is 13.5. The summed E-state index contributed by atoms with van der Waals surface area (Å²) in [6.07, 6.45) is 0. The summed E-state index contributed by atoms with van der Waals surface area (Å²) in [5, 5.41) is 3.59. The Morgan fingerprint density at radius 3 is 1.81 bits per heavy atom. The Morgan fingerprint density at radius 2 is 1.33 bits per heavy atom. The quantitative estimate of drug-likeness (QED) is 0.679. The van der Waals surface area contributed by atoms with Crippen molar-refractivity contribution in [1.29, 1.82) is 0 Å². The topological polar surface area (TPSA) is 12.0 Å². The molecule has 0 spiro atoms. The summed E-state index contributed by atoms with van der Waals surface area (Å²) >= 11 is 3.62. The lowest BCUT2D eigenvalue weighted by Gasteiger charge is -2.18. The molecule has 0 bridgehead atoms. The van der Waals surface area contributed by atoms with Gasteiger partial charge in [-0.25, -0.2) is 0 Å². The minimum absolute atomic E-state index is 0.297. The number of benzene rings is 2. The maximum atomic E-state index is 3.62. The zero-order chi connectivity index (χ0) is 15.6. The number of rotatable bonds is 4. The van der Waals surface area contributed by atoms with Crippen molar-refractivity contribution in [1.82, 2.24) is 0 Å². The van der Waals surface area contributed by atoms with Gasteiger partial charge in [0.25, 0.3) is 0 Å². The van der Waals surface area contributed by atoms with Gasteiger partial charge in [0.15, 0.2) is 0 Å². The highest BCUT2D eigenvalue weighted by molar-refractivity contribution is 9.10. The molecule has 1 N–H and O–H groups in total. The van der Waals surface area contributed by atoms with Crippen LogP contribution in [0, 0.1) is 13.8 Å². The molecule has 0 saturated heterocycles. The van der Waals surface area contributed by atoms with Gasteiger partial charge in [-0.1, -0.05) is 54.0 Å². The van der Waals surface area contributed by atoms with Crippen molar-refractivity contribution >= 4 is 21.6 Å². The largest absolute Gasteiger partial charge is 0.379 e. The number of halogens is 1. The molecule has 0 fully saturated rings. The van der Waals surface area contributed by atoms with Gasteiger partial charge in [0, 0.05) is 16.2 Å². The van der Waals surface area contributed by atoms with E-state index in [4.69, 9.17) is 0 Å². The van der Waals surface area contributed by atoms with Crippen LogP contribution in [0.4, 0.5) is 5.69 Å². The second kappa shape index (κ2) is 6.65. The molecule has 112 valence electrons. The first-order valence-corrected chi connectivity index (χ1v) is 8.31. The van der Waals surface area contributed by atoms with Crippen molar-refractivity contribution < 1.29 is 0 Å². The van der Waals surface area contributed by atoms with E-state index in [9.17, 15) is 0 Å². The van der Waals surface area contributed by atoms with E-state index in [1.54, 1.807) is 0 Å². The average molecular weight is 346 g/mol. The summed E-state index contributed by atoms with van der Waals surface area (Å²) in [5.41, 5.74) is 6.41. The fourth-order valence-corrected chi connectivity index (χ4v) is 2.76. The van der Waals surface area contributed by atoms with Gasteiger partial charge < -0.3 is 5.32 Å². The van der Waals surface area contributed by atoms with Crippen LogP contribution in [-0.4, -0.2) is 0 Å². The molecule has 1 unspecified atom stereocenters. The predicted molar refractivity (Wildman–Crippen MR) is 96.2 cm³/mol. The molecule has 2 aromatic rings. The molecule has 2 heteroatoms. The van der Waals surface area contributed by atoms with E-state index in [-0.39, 0.29) is 0 Å². The van der Waals surface area contributed by atoms with Gasteiger partial charge in [-0.2, -0.15) is 0 Å². The van der Waals surface area contributed by atoms with Crippen LogP contribution in [0.25, 0.3) is 0 Å². The van der Waals surface area contributed by atoms with Crippen LogP contribution in [-0.2, 0) is 0 Å². The molecule has 0 amide bonds. The molecule has 0 aliphatic carbocycles. The Balaban J connectivity index is 2.16. The summed E-state index contributed by atoms with van der Waals surface area (Å²) < 4.78 is 1.20. The lowest BCUT2D eigenvalue weighted by atomic mass is 9.99. The Morgan fingerprint density at radius 1 is 0.857 bits per heavy atom. The van der Waals surface area contributed by atoms with Crippen LogP contribution < -0.4 is 5.32 Å². The van der Waals surface area contributed by atoms with Crippen LogP contribution in [0.1, 0.15) is 55.0 Å². The zero-order valence-corrected chi connectivity index (χ0v) is 15.1. The molecule has 0 saturated carbocycles. The second-order valence-corrected chi connectivity index (χ2v) is 6.90. The molecule has 2 aromatic carbocycles. The van der Waals surface area contributed by atoms with Crippen LogP contribution in [0.15, 0.2) is 40.9 Å². The third-order valence-corrected chi connectivity index (χ3v) is 5.17. The van der Waals surface area contributed by atoms with Crippen LogP contribution >= 0.6 is 15.9 Å². The maximum Gasteiger partial charge on any atom is 0.0485 e. The van der Waals surface area contributed by atoms with Gasteiger partial charge in [-0.05, 0) is 61.1 Å². The van der Waals surface area contributed by atoms with E-state index < -0.39 is 0 Å². The van der Waals surface area contributed by atoms with Crippen LogP contribution in [0.2, 0.25) is 0 Å². The first-order chi connectivity index (χ1) is 9.88. The van der Waals surface area contributed by atoms with Gasteiger partial charge >= 0.3 is 0 Å². The second-order valence-electron chi connectivity index (χ2n) is 6.11. The third-order valence-electron chi connectivity index (χ3n) is 3.92. The van der Waals surface area contributed by atoms with E-state index in [2.05, 4.69) is 92.3 Å². The lowest BCUT2D eigenvalue weighted by Crippen LogP contribution is -2.07. The van der Waals surface area contributed by atoms with Gasteiger partial charge in [0.05, 0.1) is 0 Å². The molecular weight excluding hydrogens is 322 g/mol. The standard InChI is InChI=1S/C19H24BrN/c1-12(2)16-6-8-17(9-7-16)15(5)21-18-10-13(3)19(20)14(4)11-18/h6-12,15,21H,1-5H3. The third kappa shape index (κ3) is 3.88. The van der Waals surface area contributed by atoms with Crippen LogP contribution in [0.5, 0.6) is 0 Å². The number of hydrogen-bond acceptors (Lipinski definition) is 1. The van der Waals surface area contributed by atoms with Gasteiger partial charge in [-0.3, -0.25) is 0 Å². The molecule has 0 heterocycles. The summed E-state index contributed by atoms with van der Waals surface area (Å²) in [4.78, 5) is 0. The smallest absolute Gasteiger partial charge is 0.0485 e. The van der Waals surface area contributed by atoms with E-state index >= 15 is 0 Å². The minimum Gasteiger partial charge on any atom is -0.379 e. The Labute approximate surface area is 136 Å². The molecule has 0 aliphatic rings. The van der Waals surface area contributed by atoms with E-state index in [1.165, 1.54) is 32.4 Å². The van der Waals surface area contributed by atoms with E-state index in [0.717, 1.165) is 0 Å². The Hall–Kier alpha value is -1.28. The van der Waals surface area contributed by atoms with Gasteiger partial charge in [-0.15, -0.1) is 0 Å². The summed E-state index contributed by atoms with van der Waals surface area (Å²) in [5.74, 6) is 0.582. The van der Waals surface area contributed by atoms with Crippen molar-refractivity contribution in [2.75, 3.05) is 5.32 Å². The number of anilines is 1. The highest BCUT2D eigenvalue weighted by Gasteiger charge is 2.08. The molecule has 1 nitrogen and oxygen atoms in total. The monoisotopic (exact) mass is 345 g/mol. The van der Waals surface area contributed by atoms with Crippen molar-refractivity contribution in [3.05, 3.63) is 63.1 Å². The summed E-state index contributed by atoms with van der Waals surface area (Å²) in [6, 6.07) is 13.6. The minimum atomic E-state index is 0.297. The molecule has 0 aromatic heterocycles. The molecule has 0 aliphatic heterocycles. The van der Waals surface area contributed by atoms with Crippen molar-refractivity contribution in [2.45, 2.75) is 46.6 Å². The molecule has 1 atom stereocenters.